The van der Waals surface area contributed by atoms with Crippen molar-refractivity contribution < 1.29 is 14.3 Å². The zero-order chi connectivity index (χ0) is 13.7. The molecule has 2 rings (SSSR count). The van der Waals surface area contributed by atoms with Gasteiger partial charge in [0.15, 0.2) is 0 Å². The van der Waals surface area contributed by atoms with Crippen LogP contribution < -0.4 is 5.32 Å². The molecule has 1 heterocycles. The fourth-order valence-electron chi connectivity index (χ4n) is 1.87. The van der Waals surface area contributed by atoms with Crippen LogP contribution in [0, 0.1) is 0 Å². The van der Waals surface area contributed by atoms with Crippen LogP contribution in [0.15, 0.2) is 30.5 Å². The summed E-state index contributed by atoms with van der Waals surface area (Å²) in [4.78, 5) is 11.5. The minimum atomic E-state index is -0.439. The molecule has 4 nitrogen and oxygen atoms in total. The average molecular weight is 282 g/mol. The van der Waals surface area contributed by atoms with Crippen LogP contribution in [0.25, 0.3) is 0 Å². The maximum atomic E-state index is 11.5. The van der Waals surface area contributed by atoms with Gasteiger partial charge in [-0.05, 0) is 37.1 Å². The van der Waals surface area contributed by atoms with Crippen molar-refractivity contribution in [2.24, 2.45) is 0 Å². The first kappa shape index (κ1) is 13.7. The van der Waals surface area contributed by atoms with Crippen LogP contribution in [0.4, 0.5) is 5.69 Å². The molecule has 0 saturated carbocycles. The SMILES string of the molecule is COC(=O)c1cc(NCC2CCC=CO2)ccc1Cl. The summed E-state index contributed by atoms with van der Waals surface area (Å²) < 4.78 is 10.1. The summed E-state index contributed by atoms with van der Waals surface area (Å²) in [6.45, 7) is 0.687. The van der Waals surface area contributed by atoms with Gasteiger partial charge in [0.25, 0.3) is 0 Å². The monoisotopic (exact) mass is 281 g/mol. The minimum Gasteiger partial charge on any atom is -0.497 e. The number of rotatable bonds is 4. The number of allylic oxidation sites excluding steroid dienone is 1. The van der Waals surface area contributed by atoms with Gasteiger partial charge in [-0.1, -0.05) is 11.6 Å². The van der Waals surface area contributed by atoms with E-state index in [1.807, 2.05) is 12.1 Å². The summed E-state index contributed by atoms with van der Waals surface area (Å²) in [6, 6.07) is 5.19. The third-order valence-electron chi connectivity index (χ3n) is 2.93. The number of methoxy groups -OCH3 is 1. The molecule has 0 amide bonds. The van der Waals surface area contributed by atoms with E-state index in [2.05, 4.69) is 10.1 Å². The molecule has 1 aliphatic rings. The van der Waals surface area contributed by atoms with E-state index >= 15 is 0 Å². The van der Waals surface area contributed by atoms with Crippen molar-refractivity contribution in [3.63, 3.8) is 0 Å². The van der Waals surface area contributed by atoms with Crippen LogP contribution >= 0.6 is 11.6 Å². The van der Waals surface area contributed by atoms with Crippen molar-refractivity contribution in [3.8, 4) is 0 Å². The number of halogens is 1. The molecule has 0 spiro atoms. The second-order valence-corrected chi connectivity index (χ2v) is 4.68. The Labute approximate surface area is 117 Å². The Bertz CT molecular complexity index is 488. The van der Waals surface area contributed by atoms with Crippen molar-refractivity contribution in [2.45, 2.75) is 18.9 Å². The second kappa shape index (κ2) is 6.48. The molecular formula is C14H16ClNO3. The molecule has 0 fully saturated rings. The van der Waals surface area contributed by atoms with Gasteiger partial charge in [0.05, 0.1) is 30.5 Å². The lowest BCUT2D eigenvalue weighted by molar-refractivity contribution is 0.0601. The fourth-order valence-corrected chi connectivity index (χ4v) is 2.06. The first-order valence-corrected chi connectivity index (χ1v) is 6.50. The molecule has 1 aromatic rings. The number of nitrogens with one attached hydrogen (secondary N) is 1. The van der Waals surface area contributed by atoms with Gasteiger partial charge in [-0.15, -0.1) is 0 Å². The number of benzene rings is 1. The van der Waals surface area contributed by atoms with Crippen molar-refractivity contribution in [3.05, 3.63) is 41.1 Å². The van der Waals surface area contributed by atoms with E-state index in [4.69, 9.17) is 16.3 Å². The lowest BCUT2D eigenvalue weighted by atomic mass is 10.1. The number of hydrogen-bond acceptors (Lipinski definition) is 4. The highest BCUT2D eigenvalue weighted by Crippen LogP contribution is 2.22. The fraction of sp³-hybridized carbons (Fsp3) is 0.357. The van der Waals surface area contributed by atoms with E-state index in [0.29, 0.717) is 17.1 Å². The molecule has 0 bridgehead atoms. The minimum absolute atomic E-state index is 0.155. The van der Waals surface area contributed by atoms with E-state index in [9.17, 15) is 4.79 Å². The molecule has 0 saturated heterocycles. The highest BCUT2D eigenvalue weighted by Gasteiger charge is 2.13. The Hall–Kier alpha value is -1.68. The van der Waals surface area contributed by atoms with Gasteiger partial charge in [0.2, 0.25) is 0 Å². The zero-order valence-corrected chi connectivity index (χ0v) is 11.4. The summed E-state index contributed by atoms with van der Waals surface area (Å²) in [6.07, 6.45) is 5.91. The number of ether oxygens (including phenoxy) is 2. The number of carbonyl (C=O) groups is 1. The third kappa shape index (κ3) is 3.64. The molecule has 0 aliphatic carbocycles. The molecule has 0 aromatic heterocycles. The summed E-state index contributed by atoms with van der Waals surface area (Å²) in [7, 11) is 1.33. The summed E-state index contributed by atoms with van der Waals surface area (Å²) in [5.74, 6) is -0.439. The maximum Gasteiger partial charge on any atom is 0.339 e. The Morgan fingerprint density at radius 3 is 3.11 bits per heavy atom. The number of hydrogen-bond donors (Lipinski definition) is 1. The number of carbonyl (C=O) groups excluding carboxylic acids is 1. The topological polar surface area (TPSA) is 47.6 Å². The van der Waals surface area contributed by atoms with E-state index in [1.54, 1.807) is 18.4 Å². The molecule has 1 aliphatic heterocycles. The normalized spacial score (nSPS) is 17.7. The van der Waals surface area contributed by atoms with Crippen molar-refractivity contribution >= 4 is 23.3 Å². The van der Waals surface area contributed by atoms with Crippen LogP contribution in [0.3, 0.4) is 0 Å². The highest BCUT2D eigenvalue weighted by molar-refractivity contribution is 6.33. The Balaban J connectivity index is 2.00. The lowest BCUT2D eigenvalue weighted by Gasteiger charge is -2.20. The quantitative estimate of drug-likeness (QED) is 0.861. The van der Waals surface area contributed by atoms with Crippen LogP contribution in [-0.4, -0.2) is 25.7 Å². The number of anilines is 1. The molecule has 0 radical (unpaired) electrons. The van der Waals surface area contributed by atoms with Crippen LogP contribution in [0.1, 0.15) is 23.2 Å². The van der Waals surface area contributed by atoms with Gasteiger partial charge < -0.3 is 14.8 Å². The smallest absolute Gasteiger partial charge is 0.339 e. The van der Waals surface area contributed by atoms with Gasteiger partial charge in [-0.3, -0.25) is 0 Å². The molecule has 1 N–H and O–H groups in total. The molecular weight excluding hydrogens is 266 g/mol. The summed E-state index contributed by atoms with van der Waals surface area (Å²) >= 11 is 5.96. The molecule has 1 aromatic carbocycles. The van der Waals surface area contributed by atoms with Gasteiger partial charge in [-0.25, -0.2) is 4.79 Å². The predicted octanol–water partition coefficient (Wildman–Crippen LogP) is 3.23. The molecule has 5 heteroatoms. The second-order valence-electron chi connectivity index (χ2n) is 4.27. The summed E-state index contributed by atoms with van der Waals surface area (Å²) in [5.41, 5.74) is 1.18. The molecule has 1 unspecified atom stereocenters. The standard InChI is InChI=1S/C14H16ClNO3/c1-18-14(17)12-8-10(5-6-13(12)15)16-9-11-4-2-3-7-19-11/h3,5-8,11,16H,2,4,9H2,1H3. The molecule has 1 atom stereocenters. The van der Waals surface area contributed by atoms with Crippen molar-refractivity contribution in [2.75, 3.05) is 19.0 Å². The third-order valence-corrected chi connectivity index (χ3v) is 3.26. The number of esters is 1. The Morgan fingerprint density at radius 2 is 2.42 bits per heavy atom. The first-order chi connectivity index (χ1) is 9.20. The predicted molar refractivity (Wildman–Crippen MR) is 74.5 cm³/mol. The Kier molecular flexibility index (Phi) is 4.68. The van der Waals surface area contributed by atoms with E-state index in [-0.39, 0.29) is 6.10 Å². The highest BCUT2D eigenvalue weighted by atomic mass is 35.5. The largest absolute Gasteiger partial charge is 0.497 e. The summed E-state index contributed by atoms with van der Waals surface area (Å²) in [5, 5.41) is 3.62. The van der Waals surface area contributed by atoms with Crippen LogP contribution in [-0.2, 0) is 9.47 Å². The van der Waals surface area contributed by atoms with Crippen LogP contribution in [0.5, 0.6) is 0 Å². The van der Waals surface area contributed by atoms with E-state index in [0.717, 1.165) is 18.5 Å². The first-order valence-electron chi connectivity index (χ1n) is 6.13. The van der Waals surface area contributed by atoms with Crippen molar-refractivity contribution in [1.82, 2.24) is 0 Å². The zero-order valence-electron chi connectivity index (χ0n) is 10.7. The van der Waals surface area contributed by atoms with E-state index < -0.39 is 5.97 Å². The molecule has 19 heavy (non-hydrogen) atoms. The van der Waals surface area contributed by atoms with Gasteiger partial charge in [0, 0.05) is 5.69 Å². The van der Waals surface area contributed by atoms with Crippen molar-refractivity contribution in [1.29, 1.82) is 0 Å². The average Bonchev–Trinajstić information content (AvgIpc) is 2.46. The molecule has 102 valence electrons. The van der Waals surface area contributed by atoms with Gasteiger partial charge in [0.1, 0.15) is 6.10 Å². The van der Waals surface area contributed by atoms with Gasteiger partial charge in [-0.2, -0.15) is 0 Å². The van der Waals surface area contributed by atoms with E-state index in [1.165, 1.54) is 7.11 Å². The van der Waals surface area contributed by atoms with Gasteiger partial charge >= 0.3 is 5.97 Å². The maximum absolute atomic E-state index is 11.5. The van der Waals surface area contributed by atoms with Crippen LogP contribution in [0.2, 0.25) is 5.02 Å². The Morgan fingerprint density at radius 1 is 1.58 bits per heavy atom. The lowest BCUT2D eigenvalue weighted by Crippen LogP contribution is -2.23.